The van der Waals surface area contributed by atoms with Crippen LogP contribution in [0.15, 0.2) is 0 Å². The molecule has 0 saturated carbocycles. The molecule has 0 spiro atoms. The Balaban J connectivity index is 2.52. The smallest absolute Gasteiger partial charge is 0.308 e. The van der Waals surface area contributed by atoms with Gasteiger partial charge in [-0.25, -0.2) is 0 Å². The Kier molecular flexibility index (Phi) is 3.82. The molecule has 0 aliphatic carbocycles. The molecule has 1 aliphatic heterocycles. The fraction of sp³-hybridized carbons (Fsp3) is 0.800. The van der Waals surface area contributed by atoms with Gasteiger partial charge < -0.3 is 14.2 Å². The topological polar surface area (TPSA) is 61.8 Å². The predicted octanol–water partition coefficient (Wildman–Crippen LogP) is 0.660. The minimum Gasteiger partial charge on any atom is -0.466 e. The van der Waals surface area contributed by atoms with E-state index < -0.39 is 17.9 Å². The number of carbonyl (C=O) groups is 2. The summed E-state index contributed by atoms with van der Waals surface area (Å²) in [7, 11) is 0. The largest absolute Gasteiger partial charge is 0.466 e. The summed E-state index contributed by atoms with van der Waals surface area (Å²) in [6.45, 7) is 5.42. The molecular weight excluding hydrogens is 200 g/mol. The summed E-state index contributed by atoms with van der Waals surface area (Å²) < 4.78 is 15.2. The highest BCUT2D eigenvalue weighted by molar-refractivity contribution is 5.88. The molecule has 1 aliphatic rings. The maximum atomic E-state index is 11.4. The van der Waals surface area contributed by atoms with Crippen molar-refractivity contribution in [3.8, 4) is 0 Å². The number of carbonyl (C=O) groups excluding carboxylic acids is 2. The number of ketones is 1. The van der Waals surface area contributed by atoms with Crippen LogP contribution in [0.25, 0.3) is 0 Å². The zero-order valence-electron chi connectivity index (χ0n) is 9.24. The number of esters is 1. The van der Waals surface area contributed by atoms with Gasteiger partial charge in [-0.05, 0) is 20.8 Å². The lowest BCUT2D eigenvalue weighted by atomic mass is 10.1. The van der Waals surface area contributed by atoms with E-state index in [1.54, 1.807) is 20.8 Å². The van der Waals surface area contributed by atoms with E-state index >= 15 is 0 Å². The van der Waals surface area contributed by atoms with Crippen LogP contribution in [0, 0.1) is 0 Å². The van der Waals surface area contributed by atoms with Crippen molar-refractivity contribution in [1.29, 1.82) is 0 Å². The summed E-state index contributed by atoms with van der Waals surface area (Å²) in [5.74, 6) is -1.46. The van der Waals surface area contributed by atoms with Crippen LogP contribution in [0.2, 0.25) is 0 Å². The Hall–Kier alpha value is -0.940. The third-order valence-electron chi connectivity index (χ3n) is 2.00. The van der Waals surface area contributed by atoms with Crippen molar-refractivity contribution in [2.45, 2.75) is 39.1 Å². The molecule has 5 heteroatoms. The van der Waals surface area contributed by atoms with E-state index in [0.717, 1.165) is 0 Å². The highest BCUT2D eigenvalue weighted by Gasteiger charge is 2.36. The lowest BCUT2D eigenvalue weighted by Crippen LogP contribution is -2.46. The molecule has 1 atom stereocenters. The number of ether oxygens (including phenoxy) is 3. The fourth-order valence-corrected chi connectivity index (χ4v) is 1.31. The van der Waals surface area contributed by atoms with Crippen LogP contribution in [0.5, 0.6) is 0 Å². The van der Waals surface area contributed by atoms with Gasteiger partial charge >= 0.3 is 5.97 Å². The van der Waals surface area contributed by atoms with E-state index in [2.05, 4.69) is 0 Å². The molecule has 1 heterocycles. The highest BCUT2D eigenvalue weighted by atomic mass is 16.7. The Morgan fingerprint density at radius 2 is 2.27 bits per heavy atom. The Morgan fingerprint density at radius 3 is 2.87 bits per heavy atom. The zero-order valence-corrected chi connectivity index (χ0v) is 9.24. The second-order valence-electron chi connectivity index (χ2n) is 3.77. The molecule has 0 unspecified atom stereocenters. The third kappa shape index (κ3) is 3.60. The molecule has 1 saturated heterocycles. The average Bonchev–Trinajstić information content (AvgIpc) is 2.11. The summed E-state index contributed by atoms with van der Waals surface area (Å²) in [6, 6.07) is 0. The maximum absolute atomic E-state index is 11.4. The Morgan fingerprint density at radius 1 is 1.60 bits per heavy atom. The Bertz CT molecular complexity index is 259. The highest BCUT2D eigenvalue weighted by Crippen LogP contribution is 2.21. The lowest BCUT2D eigenvalue weighted by molar-refractivity contribution is -0.259. The zero-order chi connectivity index (χ0) is 11.5. The van der Waals surface area contributed by atoms with Crippen LogP contribution in [0.1, 0.15) is 27.2 Å². The third-order valence-corrected chi connectivity index (χ3v) is 2.00. The van der Waals surface area contributed by atoms with Crippen molar-refractivity contribution in [2.24, 2.45) is 0 Å². The van der Waals surface area contributed by atoms with Gasteiger partial charge in [0, 0.05) is 0 Å². The monoisotopic (exact) mass is 216 g/mol. The van der Waals surface area contributed by atoms with Crippen molar-refractivity contribution in [3.05, 3.63) is 0 Å². The summed E-state index contributed by atoms with van der Waals surface area (Å²) in [5.41, 5.74) is 0. The standard InChI is InChI=1S/C10H16O5/c1-4-13-9(12)5-8-7(11)6-14-10(2,3)15-8/h8H,4-6H2,1-3H3/t8-/m0/s1. The second-order valence-corrected chi connectivity index (χ2v) is 3.77. The fourth-order valence-electron chi connectivity index (χ4n) is 1.31. The summed E-state index contributed by atoms with van der Waals surface area (Å²) in [4.78, 5) is 22.5. The molecule has 0 aromatic rings. The van der Waals surface area contributed by atoms with Gasteiger partial charge in [-0.2, -0.15) is 0 Å². The molecule has 0 aromatic heterocycles. The summed E-state index contributed by atoms with van der Waals surface area (Å²) >= 11 is 0. The first-order chi connectivity index (χ1) is 6.94. The molecule has 1 fully saturated rings. The van der Waals surface area contributed by atoms with E-state index in [1.807, 2.05) is 0 Å². The van der Waals surface area contributed by atoms with Gasteiger partial charge in [-0.3, -0.25) is 9.59 Å². The summed E-state index contributed by atoms with van der Waals surface area (Å²) in [5, 5.41) is 0. The van der Waals surface area contributed by atoms with Gasteiger partial charge in [0.05, 0.1) is 13.0 Å². The number of hydrogen-bond acceptors (Lipinski definition) is 5. The minimum atomic E-state index is -0.814. The number of rotatable bonds is 3. The van der Waals surface area contributed by atoms with Gasteiger partial charge in [-0.1, -0.05) is 0 Å². The predicted molar refractivity (Wildman–Crippen MR) is 51.2 cm³/mol. The Labute approximate surface area is 88.7 Å². The van der Waals surface area contributed by atoms with E-state index in [9.17, 15) is 9.59 Å². The first-order valence-electron chi connectivity index (χ1n) is 4.94. The second kappa shape index (κ2) is 4.72. The molecule has 0 N–H and O–H groups in total. The minimum absolute atomic E-state index is 0.0168. The van der Waals surface area contributed by atoms with Crippen LogP contribution in [-0.4, -0.2) is 36.9 Å². The van der Waals surface area contributed by atoms with E-state index in [1.165, 1.54) is 0 Å². The summed E-state index contributed by atoms with van der Waals surface area (Å²) in [6.07, 6.45) is -0.785. The van der Waals surface area contributed by atoms with Crippen LogP contribution >= 0.6 is 0 Å². The van der Waals surface area contributed by atoms with Crippen molar-refractivity contribution in [2.75, 3.05) is 13.2 Å². The maximum Gasteiger partial charge on any atom is 0.308 e. The first-order valence-corrected chi connectivity index (χ1v) is 4.94. The van der Waals surface area contributed by atoms with Crippen LogP contribution in [-0.2, 0) is 23.8 Å². The van der Waals surface area contributed by atoms with Gasteiger partial charge in [0.2, 0.25) is 0 Å². The molecule has 1 rings (SSSR count). The van der Waals surface area contributed by atoms with Crippen molar-refractivity contribution in [3.63, 3.8) is 0 Å². The lowest BCUT2D eigenvalue weighted by Gasteiger charge is -2.34. The number of Topliss-reactive ketones (excluding diaryl/α,β-unsaturated/α-hetero) is 1. The number of hydrogen-bond donors (Lipinski definition) is 0. The van der Waals surface area contributed by atoms with E-state index in [-0.39, 0.29) is 18.8 Å². The van der Waals surface area contributed by atoms with E-state index in [0.29, 0.717) is 6.61 Å². The van der Waals surface area contributed by atoms with Crippen LogP contribution in [0.4, 0.5) is 0 Å². The van der Waals surface area contributed by atoms with Gasteiger partial charge in [0.25, 0.3) is 0 Å². The van der Waals surface area contributed by atoms with Crippen molar-refractivity contribution < 1.29 is 23.8 Å². The molecule has 0 amide bonds. The average molecular weight is 216 g/mol. The first kappa shape index (κ1) is 12.1. The molecule has 86 valence electrons. The van der Waals surface area contributed by atoms with Crippen LogP contribution < -0.4 is 0 Å². The molecule has 15 heavy (non-hydrogen) atoms. The SMILES string of the molecule is CCOC(=O)C[C@@H]1OC(C)(C)OCC1=O. The molecule has 5 nitrogen and oxygen atoms in total. The molecular formula is C10H16O5. The molecule has 0 radical (unpaired) electrons. The molecule has 0 bridgehead atoms. The van der Waals surface area contributed by atoms with E-state index in [4.69, 9.17) is 14.2 Å². The van der Waals surface area contributed by atoms with Crippen molar-refractivity contribution in [1.82, 2.24) is 0 Å². The molecule has 0 aromatic carbocycles. The van der Waals surface area contributed by atoms with Crippen LogP contribution in [0.3, 0.4) is 0 Å². The normalized spacial score (nSPS) is 25.0. The van der Waals surface area contributed by atoms with Crippen molar-refractivity contribution >= 4 is 11.8 Å². The quantitative estimate of drug-likeness (QED) is 0.648. The van der Waals surface area contributed by atoms with Gasteiger partial charge in [-0.15, -0.1) is 0 Å². The van der Waals surface area contributed by atoms with Gasteiger partial charge in [0.15, 0.2) is 11.6 Å². The van der Waals surface area contributed by atoms with Gasteiger partial charge in [0.1, 0.15) is 12.7 Å².